The Balaban J connectivity index is 1.38. The molecule has 1 aromatic carbocycles. The molecule has 0 saturated heterocycles. The highest BCUT2D eigenvalue weighted by molar-refractivity contribution is 5.96. The summed E-state index contributed by atoms with van der Waals surface area (Å²) < 4.78 is 5.21. The molecule has 0 atom stereocenters. The molecular weight excluding hydrogens is 348 g/mol. The summed E-state index contributed by atoms with van der Waals surface area (Å²) in [4.78, 5) is 37.7. The molecule has 2 fully saturated rings. The molecule has 0 aliphatic heterocycles. The number of amides is 1. The minimum absolute atomic E-state index is 0.00229. The van der Waals surface area contributed by atoms with Crippen molar-refractivity contribution in [2.24, 2.45) is 5.92 Å². The lowest BCUT2D eigenvalue weighted by molar-refractivity contribution is -0.139. The molecule has 0 unspecified atom stereocenters. The quantitative estimate of drug-likeness (QED) is 0.722. The number of hydrogen-bond acceptors (Lipinski definition) is 5. The number of carboxylic acids is 1. The molecule has 2 aromatic rings. The second-order valence-electron chi connectivity index (χ2n) is 7.55. The van der Waals surface area contributed by atoms with E-state index in [1.807, 2.05) is 11.0 Å². The van der Waals surface area contributed by atoms with Crippen LogP contribution < -0.4 is 10.9 Å². The number of hydrogen-bond donors (Lipinski definition) is 2. The van der Waals surface area contributed by atoms with Crippen molar-refractivity contribution in [1.82, 2.24) is 10.2 Å². The van der Waals surface area contributed by atoms with Crippen LogP contribution in [0.4, 0.5) is 0 Å². The minimum atomic E-state index is -0.822. The van der Waals surface area contributed by atoms with E-state index in [1.54, 1.807) is 24.3 Å². The number of carboxylic acid groups (broad SMARTS) is 1. The summed E-state index contributed by atoms with van der Waals surface area (Å²) in [5.74, 6) is -0.651. The van der Waals surface area contributed by atoms with Gasteiger partial charge in [0.1, 0.15) is 11.1 Å². The highest BCUT2D eigenvalue weighted by atomic mass is 16.4. The standard InChI is InChI=1S/C20H22N2O5/c23-18(24)11-22(10-12-5-6-12)15-8-14(9-15)21-19(25)16-7-13-3-1-2-4-17(13)27-20(16)26/h1-4,7,12,14-15H,5-6,8-11H2,(H,21,25)(H,23,24). The SMILES string of the molecule is O=C(O)CN(CC1CC1)C1CC(NC(=O)c2cc3ccccc3oc2=O)C1. The molecule has 2 N–H and O–H groups in total. The van der Waals surface area contributed by atoms with E-state index in [1.165, 1.54) is 12.8 Å². The Hall–Kier alpha value is -2.67. The molecule has 2 saturated carbocycles. The molecule has 2 aliphatic rings. The largest absolute Gasteiger partial charge is 0.480 e. The molecule has 0 radical (unpaired) electrons. The Kier molecular flexibility index (Phi) is 4.70. The van der Waals surface area contributed by atoms with Crippen molar-refractivity contribution in [2.75, 3.05) is 13.1 Å². The van der Waals surface area contributed by atoms with E-state index in [0.29, 0.717) is 29.7 Å². The summed E-state index contributed by atoms with van der Waals surface area (Å²) in [7, 11) is 0. The third kappa shape index (κ3) is 4.03. The zero-order valence-corrected chi connectivity index (χ0v) is 14.9. The Bertz CT molecular complexity index is 927. The van der Waals surface area contributed by atoms with Crippen LogP contribution in [-0.4, -0.2) is 47.1 Å². The van der Waals surface area contributed by atoms with E-state index in [4.69, 9.17) is 9.52 Å². The summed E-state index contributed by atoms with van der Waals surface area (Å²) in [5, 5.41) is 12.7. The monoisotopic (exact) mass is 370 g/mol. The molecule has 7 heteroatoms. The summed E-state index contributed by atoms with van der Waals surface area (Å²) in [6.07, 6.45) is 3.73. The van der Waals surface area contributed by atoms with Gasteiger partial charge in [-0.05, 0) is 43.7 Å². The van der Waals surface area contributed by atoms with E-state index in [0.717, 1.165) is 6.54 Å². The van der Waals surface area contributed by atoms with Gasteiger partial charge >= 0.3 is 11.6 Å². The first-order valence-electron chi connectivity index (χ1n) is 9.29. The van der Waals surface area contributed by atoms with Crippen LogP contribution >= 0.6 is 0 Å². The Labute approximate surface area is 156 Å². The number of nitrogens with one attached hydrogen (secondary N) is 1. The van der Waals surface area contributed by atoms with Crippen molar-refractivity contribution in [3.8, 4) is 0 Å². The normalized spacial score (nSPS) is 21.8. The van der Waals surface area contributed by atoms with Crippen LogP contribution in [0, 0.1) is 5.92 Å². The molecule has 1 heterocycles. The highest BCUT2D eigenvalue weighted by Gasteiger charge is 2.38. The molecule has 0 bridgehead atoms. The number of nitrogens with zero attached hydrogens (tertiary/aromatic N) is 1. The van der Waals surface area contributed by atoms with Gasteiger partial charge in [0.15, 0.2) is 0 Å². The van der Waals surface area contributed by atoms with Gasteiger partial charge in [0, 0.05) is 24.0 Å². The lowest BCUT2D eigenvalue weighted by atomic mass is 9.85. The van der Waals surface area contributed by atoms with Crippen LogP contribution in [0.15, 0.2) is 39.5 Å². The number of carbonyl (C=O) groups excluding carboxylic acids is 1. The van der Waals surface area contributed by atoms with Crippen LogP contribution in [0.2, 0.25) is 0 Å². The average molecular weight is 370 g/mol. The van der Waals surface area contributed by atoms with Crippen molar-refractivity contribution in [1.29, 1.82) is 0 Å². The van der Waals surface area contributed by atoms with Gasteiger partial charge < -0.3 is 14.8 Å². The van der Waals surface area contributed by atoms with Crippen LogP contribution in [0.1, 0.15) is 36.0 Å². The van der Waals surface area contributed by atoms with E-state index in [-0.39, 0.29) is 24.2 Å². The predicted molar refractivity (Wildman–Crippen MR) is 98.7 cm³/mol. The first-order valence-corrected chi connectivity index (χ1v) is 9.29. The molecule has 0 spiro atoms. The van der Waals surface area contributed by atoms with Crippen molar-refractivity contribution in [3.63, 3.8) is 0 Å². The van der Waals surface area contributed by atoms with Gasteiger partial charge in [-0.2, -0.15) is 0 Å². The maximum Gasteiger partial charge on any atom is 0.349 e. The van der Waals surface area contributed by atoms with Crippen molar-refractivity contribution >= 4 is 22.8 Å². The molecule has 1 amide bonds. The second kappa shape index (κ2) is 7.15. The summed E-state index contributed by atoms with van der Waals surface area (Å²) >= 11 is 0. The van der Waals surface area contributed by atoms with E-state index in [2.05, 4.69) is 5.32 Å². The molecule has 1 aromatic heterocycles. The van der Waals surface area contributed by atoms with Gasteiger partial charge in [-0.3, -0.25) is 14.5 Å². The molecule has 27 heavy (non-hydrogen) atoms. The lowest BCUT2D eigenvalue weighted by Crippen LogP contribution is -2.55. The molecular formula is C20H22N2O5. The van der Waals surface area contributed by atoms with Crippen molar-refractivity contribution in [3.05, 3.63) is 46.3 Å². The van der Waals surface area contributed by atoms with Crippen molar-refractivity contribution < 1.29 is 19.1 Å². The summed E-state index contributed by atoms with van der Waals surface area (Å²) in [6, 6.07) is 8.73. The first-order chi connectivity index (χ1) is 13.0. The van der Waals surface area contributed by atoms with Crippen LogP contribution in [-0.2, 0) is 4.79 Å². The summed E-state index contributed by atoms with van der Waals surface area (Å²) in [5.41, 5.74) is -0.201. The lowest BCUT2D eigenvalue weighted by Gasteiger charge is -2.42. The fourth-order valence-corrected chi connectivity index (χ4v) is 3.64. The number of para-hydroxylation sites is 1. The highest BCUT2D eigenvalue weighted by Crippen LogP contribution is 2.33. The van der Waals surface area contributed by atoms with Gasteiger partial charge in [-0.1, -0.05) is 18.2 Å². The number of carbonyl (C=O) groups is 2. The van der Waals surface area contributed by atoms with Gasteiger partial charge in [0.05, 0.1) is 6.54 Å². The van der Waals surface area contributed by atoms with Crippen LogP contribution in [0.5, 0.6) is 0 Å². The number of aliphatic carboxylic acids is 1. The minimum Gasteiger partial charge on any atom is -0.480 e. The fourth-order valence-electron chi connectivity index (χ4n) is 3.64. The first kappa shape index (κ1) is 17.7. The maximum absolute atomic E-state index is 12.5. The number of fused-ring (bicyclic) bond motifs is 1. The Morgan fingerprint density at radius 1 is 1.22 bits per heavy atom. The zero-order chi connectivity index (χ0) is 19.0. The van der Waals surface area contributed by atoms with Crippen molar-refractivity contribution in [2.45, 2.75) is 37.8 Å². The molecule has 7 nitrogen and oxygen atoms in total. The topological polar surface area (TPSA) is 99.8 Å². The Morgan fingerprint density at radius 2 is 1.96 bits per heavy atom. The van der Waals surface area contributed by atoms with E-state index >= 15 is 0 Å². The van der Waals surface area contributed by atoms with Gasteiger partial charge in [0.2, 0.25) is 0 Å². The van der Waals surface area contributed by atoms with Crippen LogP contribution in [0.25, 0.3) is 11.0 Å². The average Bonchev–Trinajstić information content (AvgIpc) is 3.40. The van der Waals surface area contributed by atoms with Gasteiger partial charge in [0.25, 0.3) is 5.91 Å². The third-order valence-corrected chi connectivity index (χ3v) is 5.38. The Morgan fingerprint density at radius 3 is 2.67 bits per heavy atom. The third-order valence-electron chi connectivity index (χ3n) is 5.38. The van der Waals surface area contributed by atoms with Gasteiger partial charge in [-0.25, -0.2) is 4.79 Å². The van der Waals surface area contributed by atoms with E-state index < -0.39 is 17.5 Å². The predicted octanol–water partition coefficient (Wildman–Crippen LogP) is 1.85. The van der Waals surface area contributed by atoms with Gasteiger partial charge in [-0.15, -0.1) is 0 Å². The smallest absolute Gasteiger partial charge is 0.349 e. The fraction of sp³-hybridized carbons (Fsp3) is 0.450. The zero-order valence-electron chi connectivity index (χ0n) is 14.9. The number of rotatable bonds is 7. The van der Waals surface area contributed by atoms with E-state index in [9.17, 15) is 14.4 Å². The number of benzene rings is 1. The summed E-state index contributed by atoms with van der Waals surface area (Å²) in [6.45, 7) is 0.849. The molecule has 142 valence electrons. The molecule has 4 rings (SSSR count). The maximum atomic E-state index is 12.5. The second-order valence-corrected chi connectivity index (χ2v) is 7.55. The molecule has 2 aliphatic carbocycles. The van der Waals surface area contributed by atoms with Crippen LogP contribution in [0.3, 0.4) is 0 Å².